The van der Waals surface area contributed by atoms with Crippen LogP contribution in [0.25, 0.3) is 17.0 Å². The molecule has 5 rings (SSSR count). The van der Waals surface area contributed by atoms with Crippen LogP contribution in [0.4, 0.5) is 18.9 Å². The number of aromatic amines is 1. The first-order valence-corrected chi connectivity index (χ1v) is 16.9. The predicted octanol–water partition coefficient (Wildman–Crippen LogP) is 7.11. The lowest BCUT2D eigenvalue weighted by Crippen LogP contribution is -2.37. The van der Waals surface area contributed by atoms with E-state index in [2.05, 4.69) is 15.2 Å². The number of aromatic nitrogens is 1. The molecule has 45 heavy (non-hydrogen) atoms. The number of carbonyl (C=O) groups is 1. The Kier molecular flexibility index (Phi) is 10.8. The number of hydrogen-bond donors (Lipinski definition) is 2. The van der Waals surface area contributed by atoms with Crippen molar-refractivity contribution in [3.05, 3.63) is 76.1 Å². The second kappa shape index (κ2) is 14.2. The van der Waals surface area contributed by atoms with Gasteiger partial charge in [-0.25, -0.2) is 8.42 Å². The summed E-state index contributed by atoms with van der Waals surface area (Å²) < 4.78 is 66.7. The van der Waals surface area contributed by atoms with Gasteiger partial charge in [-0.1, -0.05) is 38.8 Å². The maximum atomic E-state index is 13.7. The normalized spacial score (nSPS) is 19.6. The molecule has 1 saturated carbocycles. The Labute approximate surface area is 262 Å². The van der Waals surface area contributed by atoms with Crippen molar-refractivity contribution in [1.29, 1.82) is 0 Å². The van der Waals surface area contributed by atoms with Crippen molar-refractivity contribution < 1.29 is 26.4 Å². The first-order valence-electron chi connectivity index (χ1n) is 15.2. The van der Waals surface area contributed by atoms with Crippen molar-refractivity contribution in [1.82, 2.24) is 10.3 Å². The van der Waals surface area contributed by atoms with Crippen LogP contribution >= 0.6 is 0 Å². The van der Waals surface area contributed by atoms with Gasteiger partial charge >= 0.3 is 6.18 Å². The molecule has 1 aromatic heterocycles. The zero-order chi connectivity index (χ0) is 31.5. The number of halogens is 3. The van der Waals surface area contributed by atoms with Gasteiger partial charge in [0.2, 0.25) is 11.5 Å². The zero-order valence-corrected chi connectivity index (χ0v) is 25.5. The van der Waals surface area contributed by atoms with Crippen molar-refractivity contribution >= 4 is 38.4 Å². The Morgan fingerprint density at radius 1 is 1.02 bits per heavy atom. The van der Waals surface area contributed by atoms with Gasteiger partial charge in [0, 0.05) is 47.4 Å². The molecule has 3 aromatic rings. The molecule has 7 nitrogen and oxygen atoms in total. The number of amides is 1. The van der Waals surface area contributed by atoms with E-state index in [1.807, 2.05) is 6.92 Å². The van der Waals surface area contributed by atoms with Gasteiger partial charge in [0.25, 0.3) is 0 Å². The molecule has 2 heterocycles. The number of benzene rings is 2. The van der Waals surface area contributed by atoms with Crippen LogP contribution in [0.3, 0.4) is 0 Å². The number of alkyl halides is 3. The van der Waals surface area contributed by atoms with E-state index in [1.165, 1.54) is 24.6 Å². The van der Waals surface area contributed by atoms with E-state index in [9.17, 15) is 31.2 Å². The van der Waals surface area contributed by atoms with Crippen molar-refractivity contribution in [3.8, 4) is 0 Å². The Hall–Kier alpha value is -3.60. The Bertz CT molecular complexity index is 1680. The quantitative estimate of drug-likeness (QED) is 0.242. The smallest absolute Gasteiger partial charge is 0.366 e. The molecule has 2 fully saturated rings. The third-order valence-electron chi connectivity index (χ3n) is 8.84. The van der Waals surface area contributed by atoms with Gasteiger partial charge in [-0.2, -0.15) is 13.2 Å². The fourth-order valence-electron chi connectivity index (χ4n) is 6.60. The summed E-state index contributed by atoms with van der Waals surface area (Å²) in [6.45, 7) is 2.40. The summed E-state index contributed by atoms with van der Waals surface area (Å²) in [5.74, 6) is 0.109. The summed E-state index contributed by atoms with van der Waals surface area (Å²) in [7, 11) is -3.35. The van der Waals surface area contributed by atoms with Crippen LogP contribution in [-0.4, -0.2) is 43.7 Å². The average molecular weight is 646 g/mol. The first-order chi connectivity index (χ1) is 20.9. The molecular weight excluding hydrogens is 603 g/mol. The lowest BCUT2D eigenvalue weighted by molar-refractivity contribution is -0.136. The number of fused-ring (bicyclic) bond motifs is 1. The topological polar surface area (TPSA) is 99.3 Å². The highest BCUT2D eigenvalue weighted by atomic mass is 32.2. The van der Waals surface area contributed by atoms with Crippen LogP contribution in [-0.2, 0) is 20.8 Å². The molecule has 1 aliphatic carbocycles. The van der Waals surface area contributed by atoms with Crippen LogP contribution in [0.5, 0.6) is 0 Å². The Morgan fingerprint density at radius 3 is 2.42 bits per heavy atom. The van der Waals surface area contributed by atoms with E-state index in [4.69, 9.17) is 0 Å². The van der Waals surface area contributed by atoms with Crippen molar-refractivity contribution in [2.24, 2.45) is 5.92 Å². The van der Waals surface area contributed by atoms with E-state index < -0.39 is 27.1 Å². The minimum absolute atomic E-state index is 0. The largest absolute Gasteiger partial charge is 0.417 e. The third-order valence-corrected chi connectivity index (χ3v) is 10.7. The minimum atomic E-state index is -4.66. The predicted molar refractivity (Wildman–Crippen MR) is 173 cm³/mol. The van der Waals surface area contributed by atoms with Crippen LogP contribution < -0.4 is 15.8 Å². The van der Waals surface area contributed by atoms with Crippen LogP contribution in [0.1, 0.15) is 76.8 Å². The van der Waals surface area contributed by atoms with Gasteiger partial charge in [-0.05, 0) is 86.9 Å². The molecule has 2 aromatic carbocycles. The SMILES string of the molecule is C.C[C@@H]1CC[C@H](CCNC(=O)/C=C/c2ccc(S(=O)(=O)CC3CCCCC3)cc2)N1c1ccc2[nH]c(=O)cc(C(F)(F)F)c2c1. The summed E-state index contributed by atoms with van der Waals surface area (Å²) in [5.41, 5.74) is -0.281. The summed E-state index contributed by atoms with van der Waals surface area (Å²) in [5, 5.41) is 2.82. The number of carbonyl (C=O) groups excluding carboxylic acids is 1. The lowest BCUT2D eigenvalue weighted by atomic mass is 9.91. The average Bonchev–Trinajstić information content (AvgIpc) is 3.35. The second-order valence-corrected chi connectivity index (χ2v) is 14.1. The van der Waals surface area contributed by atoms with Crippen molar-refractivity contribution in [3.63, 3.8) is 0 Å². The molecule has 1 amide bonds. The van der Waals surface area contributed by atoms with E-state index in [1.54, 1.807) is 36.4 Å². The molecule has 1 aliphatic heterocycles. The molecule has 0 unspecified atom stereocenters. The maximum Gasteiger partial charge on any atom is 0.417 e. The number of anilines is 1. The van der Waals surface area contributed by atoms with Crippen LogP contribution in [0, 0.1) is 5.92 Å². The molecule has 0 spiro atoms. The summed E-state index contributed by atoms with van der Waals surface area (Å²) in [6.07, 6.45) is 5.95. The standard InChI is InChI=1S/C33H38F3N3O4S.CH4/c1-22-7-11-25(39(22)26-12-15-30-28(19-26)29(33(34,35)36)20-32(41)38-30)17-18-37-31(40)16-10-23-8-13-27(14-9-23)44(42,43)21-24-5-3-2-4-6-24;/h8-10,12-16,19-20,22,24-25H,2-7,11,17-18,21H2,1H3,(H,37,40)(H,38,41);1H4/b16-10+;/t22-,25-;/m1./s1. The van der Waals surface area contributed by atoms with E-state index >= 15 is 0 Å². The summed E-state index contributed by atoms with van der Waals surface area (Å²) in [4.78, 5) is 29.2. The van der Waals surface area contributed by atoms with Gasteiger partial charge in [0.15, 0.2) is 9.84 Å². The minimum Gasteiger partial charge on any atom is -0.366 e. The van der Waals surface area contributed by atoms with Gasteiger partial charge < -0.3 is 15.2 Å². The molecule has 2 N–H and O–H groups in total. The van der Waals surface area contributed by atoms with E-state index in [0.717, 1.165) is 38.5 Å². The number of nitrogens with one attached hydrogen (secondary N) is 2. The fourth-order valence-corrected chi connectivity index (χ4v) is 8.29. The second-order valence-electron chi connectivity index (χ2n) is 12.0. The lowest BCUT2D eigenvalue weighted by Gasteiger charge is -2.31. The number of rotatable bonds is 9. The van der Waals surface area contributed by atoms with Gasteiger partial charge in [0.1, 0.15) is 0 Å². The number of pyridine rings is 1. The molecule has 0 radical (unpaired) electrons. The maximum absolute atomic E-state index is 13.7. The van der Waals surface area contributed by atoms with Crippen molar-refractivity contribution in [2.75, 3.05) is 17.2 Å². The van der Waals surface area contributed by atoms with Gasteiger partial charge in [0.05, 0.1) is 16.2 Å². The molecular formula is C34H42F3N3O4S. The van der Waals surface area contributed by atoms with Crippen LogP contribution in [0.2, 0.25) is 0 Å². The van der Waals surface area contributed by atoms with E-state index in [0.29, 0.717) is 35.2 Å². The van der Waals surface area contributed by atoms with Gasteiger partial charge in [-0.3, -0.25) is 9.59 Å². The highest BCUT2D eigenvalue weighted by molar-refractivity contribution is 7.91. The highest BCUT2D eigenvalue weighted by Gasteiger charge is 2.35. The monoisotopic (exact) mass is 645 g/mol. The fraction of sp³-hybridized carbons (Fsp3) is 0.471. The molecule has 244 valence electrons. The molecule has 2 aliphatic rings. The molecule has 11 heteroatoms. The summed E-state index contributed by atoms with van der Waals surface area (Å²) >= 11 is 0. The number of sulfone groups is 1. The van der Waals surface area contributed by atoms with Gasteiger partial charge in [-0.15, -0.1) is 0 Å². The summed E-state index contributed by atoms with van der Waals surface area (Å²) in [6, 6.07) is 12.0. The molecule has 2 atom stereocenters. The molecule has 0 bridgehead atoms. The number of hydrogen-bond acceptors (Lipinski definition) is 5. The Balaban J connectivity index is 0.00000461. The van der Waals surface area contributed by atoms with Crippen molar-refractivity contribution in [2.45, 2.75) is 88.9 Å². The zero-order valence-electron chi connectivity index (χ0n) is 24.7. The third kappa shape index (κ3) is 8.36. The number of H-pyrrole nitrogens is 1. The highest BCUT2D eigenvalue weighted by Crippen LogP contribution is 2.38. The first kappa shape index (κ1) is 34.3. The molecule has 1 saturated heterocycles. The Morgan fingerprint density at radius 2 is 1.73 bits per heavy atom. The van der Waals surface area contributed by atoms with Crippen LogP contribution in [0.15, 0.2) is 64.3 Å². The number of nitrogens with zero attached hydrogens (tertiary/aromatic N) is 1. The van der Waals surface area contributed by atoms with E-state index in [-0.39, 0.29) is 48.0 Å².